The molecule has 0 bridgehead atoms. The van der Waals surface area contributed by atoms with Crippen molar-refractivity contribution < 1.29 is 9.47 Å². The number of aryl methyl sites for hydroxylation is 2. The van der Waals surface area contributed by atoms with E-state index in [9.17, 15) is 0 Å². The third kappa shape index (κ3) is 7.76. The van der Waals surface area contributed by atoms with Gasteiger partial charge in [-0.25, -0.2) is 15.0 Å². The van der Waals surface area contributed by atoms with Crippen molar-refractivity contribution in [3.8, 4) is 11.5 Å². The first-order chi connectivity index (χ1) is 16.4. The minimum Gasteiger partial charge on any atom is -0.497 e. The summed E-state index contributed by atoms with van der Waals surface area (Å²) in [6.07, 6.45) is 1.75. The maximum absolute atomic E-state index is 5.63. The minimum atomic E-state index is -0.0514. The van der Waals surface area contributed by atoms with Gasteiger partial charge in [-0.05, 0) is 84.8 Å². The summed E-state index contributed by atoms with van der Waals surface area (Å²) in [5.74, 6) is 2.27. The van der Waals surface area contributed by atoms with Gasteiger partial charge in [0.2, 0.25) is 11.9 Å². The first kappa shape index (κ1) is 26.6. The minimum absolute atomic E-state index is 0.0514. The summed E-state index contributed by atoms with van der Waals surface area (Å²) in [4.78, 5) is 14.0. The van der Waals surface area contributed by atoms with Crippen molar-refractivity contribution >= 4 is 34.9 Å². The molecule has 35 heavy (non-hydrogen) atoms. The van der Waals surface area contributed by atoms with Crippen molar-refractivity contribution in [3.63, 3.8) is 0 Å². The first-order valence-corrected chi connectivity index (χ1v) is 12.1. The molecule has 1 fully saturated rings. The zero-order valence-electron chi connectivity index (χ0n) is 21.9. The molecule has 190 valence electrons. The van der Waals surface area contributed by atoms with Gasteiger partial charge >= 0.3 is 0 Å². The molecule has 1 aliphatic rings. The van der Waals surface area contributed by atoms with E-state index in [0.29, 0.717) is 34.2 Å². The Labute approximate surface area is 213 Å². The van der Waals surface area contributed by atoms with E-state index >= 15 is 0 Å². The van der Waals surface area contributed by atoms with Crippen LogP contribution in [0.15, 0.2) is 29.3 Å². The highest BCUT2D eigenvalue weighted by atomic mass is 32.1. The second-order valence-electron chi connectivity index (χ2n) is 10.2. The SMILES string of the molecule is COc1ccc(OC)c(NC(=S)NC(=NC2CC(C)(C)NC(C)(C)C2)Nc2nc(C)cc(C)n2)c1. The van der Waals surface area contributed by atoms with Gasteiger partial charge in [-0.1, -0.05) is 0 Å². The van der Waals surface area contributed by atoms with Crippen LogP contribution in [0.4, 0.5) is 11.6 Å². The average molecular weight is 500 g/mol. The Morgan fingerprint density at radius 3 is 2.20 bits per heavy atom. The van der Waals surface area contributed by atoms with Gasteiger partial charge < -0.3 is 25.4 Å². The highest BCUT2D eigenvalue weighted by molar-refractivity contribution is 7.80. The Bertz CT molecular complexity index is 1060. The Balaban J connectivity index is 1.88. The van der Waals surface area contributed by atoms with Crippen molar-refractivity contribution in [2.24, 2.45) is 4.99 Å². The number of anilines is 2. The normalized spacial score (nSPS) is 17.4. The number of benzene rings is 1. The fourth-order valence-electron chi connectivity index (χ4n) is 4.70. The van der Waals surface area contributed by atoms with Crippen LogP contribution in [-0.2, 0) is 0 Å². The Morgan fingerprint density at radius 2 is 1.63 bits per heavy atom. The smallest absolute Gasteiger partial charge is 0.229 e. The molecule has 1 aliphatic heterocycles. The molecule has 9 nitrogen and oxygen atoms in total. The van der Waals surface area contributed by atoms with Crippen LogP contribution in [0.3, 0.4) is 0 Å². The number of nitrogens with zero attached hydrogens (tertiary/aromatic N) is 3. The Hall–Kier alpha value is -2.98. The number of hydrogen-bond donors (Lipinski definition) is 4. The molecule has 1 aromatic carbocycles. The van der Waals surface area contributed by atoms with Gasteiger partial charge in [-0.2, -0.15) is 0 Å². The standard InChI is InChI=1S/C25H37N7O2S/c1-15-11-16(2)27-21(26-15)30-22(28-17-13-24(3,4)32-25(5,6)14-17)31-23(35)29-19-12-18(33-7)9-10-20(19)34-8/h9-12,17,32H,13-14H2,1-8H3,(H3,26,27,28,29,30,31,35). The fraction of sp³-hybridized carbons (Fsp3) is 0.520. The second kappa shape index (κ2) is 10.7. The predicted octanol–water partition coefficient (Wildman–Crippen LogP) is 4.17. The molecule has 0 saturated carbocycles. The highest BCUT2D eigenvalue weighted by Crippen LogP contribution is 2.31. The lowest BCUT2D eigenvalue weighted by Gasteiger charge is -2.45. The van der Waals surface area contributed by atoms with Crippen LogP contribution in [0.25, 0.3) is 0 Å². The van der Waals surface area contributed by atoms with E-state index in [1.807, 2.05) is 38.1 Å². The van der Waals surface area contributed by atoms with Crippen LogP contribution < -0.4 is 30.7 Å². The molecule has 0 atom stereocenters. The number of guanidine groups is 1. The number of nitrogens with one attached hydrogen (secondary N) is 4. The van der Waals surface area contributed by atoms with E-state index in [1.54, 1.807) is 14.2 Å². The van der Waals surface area contributed by atoms with Crippen molar-refractivity contribution in [3.05, 3.63) is 35.7 Å². The molecule has 10 heteroatoms. The Kier molecular flexibility index (Phi) is 8.17. The number of ether oxygens (including phenoxy) is 2. The molecular weight excluding hydrogens is 462 g/mol. The molecule has 2 heterocycles. The van der Waals surface area contributed by atoms with Crippen LogP contribution in [0.1, 0.15) is 51.9 Å². The summed E-state index contributed by atoms with van der Waals surface area (Å²) in [5, 5.41) is 13.7. The topological polar surface area (TPSA) is 105 Å². The van der Waals surface area contributed by atoms with Crippen LogP contribution in [0.5, 0.6) is 11.5 Å². The van der Waals surface area contributed by atoms with Crippen LogP contribution in [-0.4, -0.2) is 52.4 Å². The first-order valence-electron chi connectivity index (χ1n) is 11.6. The number of piperidine rings is 1. The van der Waals surface area contributed by atoms with Gasteiger partial charge in [0.1, 0.15) is 11.5 Å². The average Bonchev–Trinajstić information content (AvgIpc) is 2.70. The molecule has 1 saturated heterocycles. The lowest BCUT2D eigenvalue weighted by atomic mass is 9.80. The molecule has 4 N–H and O–H groups in total. The molecule has 1 aromatic heterocycles. The second-order valence-corrected chi connectivity index (χ2v) is 10.6. The van der Waals surface area contributed by atoms with E-state index in [-0.39, 0.29) is 17.1 Å². The van der Waals surface area contributed by atoms with Crippen LogP contribution >= 0.6 is 12.2 Å². The van der Waals surface area contributed by atoms with Gasteiger partial charge in [0.05, 0.1) is 25.9 Å². The van der Waals surface area contributed by atoms with E-state index in [2.05, 4.69) is 58.9 Å². The summed E-state index contributed by atoms with van der Waals surface area (Å²) >= 11 is 5.63. The van der Waals surface area contributed by atoms with Crippen molar-refractivity contribution in [1.29, 1.82) is 0 Å². The van der Waals surface area contributed by atoms with Crippen LogP contribution in [0, 0.1) is 13.8 Å². The fourth-order valence-corrected chi connectivity index (χ4v) is 4.91. The monoisotopic (exact) mass is 499 g/mol. The molecule has 2 aromatic rings. The maximum atomic E-state index is 5.63. The number of thiocarbonyl (C=S) groups is 1. The number of aromatic nitrogens is 2. The quantitative estimate of drug-likeness (QED) is 0.274. The Morgan fingerprint density at radius 1 is 1.00 bits per heavy atom. The lowest BCUT2D eigenvalue weighted by Crippen LogP contribution is -2.59. The summed E-state index contributed by atoms with van der Waals surface area (Å²) < 4.78 is 10.8. The van der Waals surface area contributed by atoms with Crippen molar-refractivity contribution in [1.82, 2.24) is 20.6 Å². The summed E-state index contributed by atoms with van der Waals surface area (Å²) in [5.41, 5.74) is 2.31. The largest absolute Gasteiger partial charge is 0.497 e. The molecular formula is C25H37N7O2S. The summed E-state index contributed by atoms with van der Waals surface area (Å²) in [6, 6.07) is 7.46. The van der Waals surface area contributed by atoms with Gasteiger partial charge in [0.15, 0.2) is 5.11 Å². The zero-order chi connectivity index (χ0) is 25.8. The van der Waals surface area contributed by atoms with Gasteiger partial charge in [0.25, 0.3) is 0 Å². The van der Waals surface area contributed by atoms with Gasteiger partial charge in [-0.15, -0.1) is 0 Å². The third-order valence-electron chi connectivity index (χ3n) is 5.58. The van der Waals surface area contributed by atoms with E-state index < -0.39 is 0 Å². The molecule has 0 unspecified atom stereocenters. The lowest BCUT2D eigenvalue weighted by molar-refractivity contribution is 0.164. The zero-order valence-corrected chi connectivity index (χ0v) is 22.7. The number of hydrogen-bond acceptors (Lipinski definition) is 7. The highest BCUT2D eigenvalue weighted by Gasteiger charge is 2.37. The van der Waals surface area contributed by atoms with Crippen molar-refractivity contribution in [2.75, 3.05) is 24.9 Å². The van der Waals surface area contributed by atoms with E-state index in [4.69, 9.17) is 26.7 Å². The molecule has 0 radical (unpaired) electrons. The van der Waals surface area contributed by atoms with Crippen molar-refractivity contribution in [2.45, 2.75) is 71.5 Å². The van der Waals surface area contributed by atoms with Crippen LogP contribution in [0.2, 0.25) is 0 Å². The summed E-state index contributed by atoms with van der Waals surface area (Å²) in [6.45, 7) is 12.7. The van der Waals surface area contributed by atoms with Gasteiger partial charge in [0, 0.05) is 28.5 Å². The summed E-state index contributed by atoms with van der Waals surface area (Å²) in [7, 11) is 3.22. The maximum Gasteiger partial charge on any atom is 0.229 e. The number of aliphatic imine (C=N–C) groups is 1. The predicted molar refractivity (Wildman–Crippen MR) is 146 cm³/mol. The molecule has 3 rings (SSSR count). The number of methoxy groups -OCH3 is 2. The van der Waals surface area contributed by atoms with Gasteiger partial charge in [-0.3, -0.25) is 5.32 Å². The van der Waals surface area contributed by atoms with E-state index in [0.717, 1.165) is 24.2 Å². The molecule has 0 aliphatic carbocycles. The third-order valence-corrected chi connectivity index (χ3v) is 5.78. The van der Waals surface area contributed by atoms with E-state index in [1.165, 1.54) is 0 Å². The molecule has 0 amide bonds. The number of rotatable bonds is 5. The molecule has 0 spiro atoms.